The number of hydrogen-bond acceptors (Lipinski definition) is 5. The Kier molecular flexibility index (Phi) is 5.38. The second kappa shape index (κ2) is 6.94. The summed E-state index contributed by atoms with van der Waals surface area (Å²) in [6.45, 7) is 8.08. The molecular weight excluding hydrogens is 318 g/mol. The van der Waals surface area contributed by atoms with E-state index < -0.39 is 14.9 Å². The van der Waals surface area contributed by atoms with Crippen molar-refractivity contribution in [2.75, 3.05) is 19.6 Å². The molecule has 8 heteroatoms. The van der Waals surface area contributed by atoms with Crippen molar-refractivity contribution in [2.24, 2.45) is 5.92 Å². The van der Waals surface area contributed by atoms with Gasteiger partial charge in [0, 0.05) is 31.3 Å². The van der Waals surface area contributed by atoms with Crippen LogP contribution in [0.15, 0.2) is 23.1 Å². The lowest BCUT2D eigenvalue weighted by atomic mass is 10.1. The maximum atomic E-state index is 12.5. The molecule has 1 heterocycles. The molecule has 0 amide bonds. The average molecular weight is 341 g/mol. The smallest absolute Gasteiger partial charge is 0.270 e. The summed E-state index contributed by atoms with van der Waals surface area (Å²) >= 11 is 0. The molecule has 1 atom stereocenters. The minimum atomic E-state index is -3.75. The van der Waals surface area contributed by atoms with Gasteiger partial charge in [-0.2, -0.15) is 0 Å². The van der Waals surface area contributed by atoms with E-state index in [9.17, 15) is 18.5 Å². The fourth-order valence-corrected chi connectivity index (χ4v) is 4.17. The molecule has 1 fully saturated rings. The summed E-state index contributed by atoms with van der Waals surface area (Å²) in [5, 5.41) is 10.8. The zero-order valence-corrected chi connectivity index (χ0v) is 14.5. The molecule has 2 rings (SSSR count). The molecule has 128 valence electrons. The van der Waals surface area contributed by atoms with Gasteiger partial charge in [0.15, 0.2) is 0 Å². The minimum absolute atomic E-state index is 0.0228. The fraction of sp³-hybridized carbons (Fsp3) is 0.600. The van der Waals surface area contributed by atoms with E-state index in [0.717, 1.165) is 25.6 Å². The van der Waals surface area contributed by atoms with Gasteiger partial charge in [0.2, 0.25) is 10.0 Å². The number of non-ortho nitro benzene ring substituents is 1. The molecular formula is C15H23N3O4S. The topological polar surface area (TPSA) is 92.5 Å². The van der Waals surface area contributed by atoms with Crippen LogP contribution in [0, 0.1) is 23.0 Å². The zero-order valence-electron chi connectivity index (χ0n) is 13.7. The van der Waals surface area contributed by atoms with Gasteiger partial charge in [0.1, 0.15) is 0 Å². The molecule has 0 aromatic heterocycles. The van der Waals surface area contributed by atoms with Crippen molar-refractivity contribution in [3.63, 3.8) is 0 Å². The Hall–Kier alpha value is -1.51. The van der Waals surface area contributed by atoms with Gasteiger partial charge in [-0.1, -0.05) is 6.07 Å². The van der Waals surface area contributed by atoms with Gasteiger partial charge in [-0.15, -0.1) is 0 Å². The number of nitrogens with zero attached hydrogens (tertiary/aromatic N) is 2. The third-order valence-electron chi connectivity index (χ3n) is 4.28. The zero-order chi connectivity index (χ0) is 17.2. The van der Waals surface area contributed by atoms with Gasteiger partial charge < -0.3 is 4.90 Å². The van der Waals surface area contributed by atoms with Crippen molar-refractivity contribution >= 4 is 15.7 Å². The van der Waals surface area contributed by atoms with Crippen LogP contribution in [0.5, 0.6) is 0 Å². The summed E-state index contributed by atoms with van der Waals surface area (Å²) in [6.07, 6.45) is 0.953. The van der Waals surface area contributed by atoms with Gasteiger partial charge >= 0.3 is 0 Å². The van der Waals surface area contributed by atoms with Gasteiger partial charge in [0.25, 0.3) is 5.69 Å². The van der Waals surface area contributed by atoms with Crippen LogP contribution in [-0.2, 0) is 10.0 Å². The van der Waals surface area contributed by atoms with E-state index in [1.165, 1.54) is 12.1 Å². The van der Waals surface area contributed by atoms with Crippen LogP contribution in [0.25, 0.3) is 0 Å². The monoisotopic (exact) mass is 341 g/mol. The summed E-state index contributed by atoms with van der Waals surface area (Å²) in [5.74, 6) is 0.270. The van der Waals surface area contributed by atoms with Crippen molar-refractivity contribution in [2.45, 2.75) is 38.1 Å². The van der Waals surface area contributed by atoms with Gasteiger partial charge in [0.05, 0.1) is 9.82 Å². The SMILES string of the molecule is Cc1ccc([N+](=O)[O-])cc1S(=O)(=O)NC[C@H]1CCN(C(C)C)C1. The van der Waals surface area contributed by atoms with Crippen molar-refractivity contribution in [1.29, 1.82) is 0 Å². The molecule has 0 bridgehead atoms. The summed E-state index contributed by atoms with van der Waals surface area (Å²) in [7, 11) is -3.75. The molecule has 1 aromatic rings. The van der Waals surface area contributed by atoms with Crippen LogP contribution in [0.3, 0.4) is 0 Å². The highest BCUT2D eigenvalue weighted by atomic mass is 32.2. The summed E-state index contributed by atoms with van der Waals surface area (Å²) in [6, 6.07) is 4.34. The lowest BCUT2D eigenvalue weighted by molar-refractivity contribution is -0.385. The van der Waals surface area contributed by atoms with Crippen LogP contribution < -0.4 is 4.72 Å². The fourth-order valence-electron chi connectivity index (χ4n) is 2.80. The number of nitro groups is 1. The van der Waals surface area contributed by atoms with Gasteiger partial charge in [-0.25, -0.2) is 13.1 Å². The van der Waals surface area contributed by atoms with Crippen molar-refractivity contribution in [1.82, 2.24) is 9.62 Å². The Labute approximate surface area is 136 Å². The highest BCUT2D eigenvalue weighted by molar-refractivity contribution is 7.89. The maximum absolute atomic E-state index is 12.5. The first-order valence-electron chi connectivity index (χ1n) is 7.69. The summed E-state index contributed by atoms with van der Waals surface area (Å²) < 4.78 is 27.5. The normalized spacial score (nSPS) is 19.4. The van der Waals surface area contributed by atoms with Crippen LogP contribution in [0.2, 0.25) is 0 Å². The van der Waals surface area contributed by atoms with Crippen LogP contribution in [0.4, 0.5) is 5.69 Å². The van der Waals surface area contributed by atoms with Crippen LogP contribution in [0.1, 0.15) is 25.8 Å². The number of benzene rings is 1. The Morgan fingerprint density at radius 3 is 2.70 bits per heavy atom. The summed E-state index contributed by atoms with van der Waals surface area (Å²) in [4.78, 5) is 12.6. The second-order valence-corrected chi connectivity index (χ2v) is 8.04. The number of nitrogens with one attached hydrogen (secondary N) is 1. The molecule has 0 radical (unpaired) electrons. The van der Waals surface area contributed by atoms with Gasteiger partial charge in [-0.3, -0.25) is 10.1 Å². The highest BCUT2D eigenvalue weighted by Crippen LogP contribution is 2.23. The third-order valence-corrected chi connectivity index (χ3v) is 5.85. The van der Waals surface area contributed by atoms with E-state index in [4.69, 9.17) is 0 Å². The predicted molar refractivity (Wildman–Crippen MR) is 87.8 cm³/mol. The average Bonchev–Trinajstić information content (AvgIpc) is 2.94. The number of sulfonamides is 1. The number of nitro benzene ring substituents is 1. The lowest BCUT2D eigenvalue weighted by Gasteiger charge is -2.20. The molecule has 0 aliphatic carbocycles. The molecule has 7 nitrogen and oxygen atoms in total. The van der Waals surface area contributed by atoms with E-state index in [-0.39, 0.29) is 16.5 Å². The van der Waals surface area contributed by atoms with Crippen LogP contribution >= 0.6 is 0 Å². The standard InChI is InChI=1S/C15H23N3O4S/c1-11(2)17-7-6-13(10-17)9-16-23(21,22)15-8-14(18(19)20)5-4-12(15)3/h4-5,8,11,13,16H,6-7,9-10H2,1-3H3/t13-/m1/s1. The molecule has 0 saturated carbocycles. The maximum Gasteiger partial charge on any atom is 0.270 e. The lowest BCUT2D eigenvalue weighted by Crippen LogP contribution is -2.33. The first-order valence-corrected chi connectivity index (χ1v) is 9.18. The van der Waals surface area contributed by atoms with E-state index in [1.54, 1.807) is 6.92 Å². The number of likely N-dealkylation sites (tertiary alicyclic amines) is 1. The Morgan fingerprint density at radius 2 is 2.13 bits per heavy atom. The molecule has 0 spiro atoms. The Balaban J connectivity index is 2.08. The number of hydrogen-bond donors (Lipinski definition) is 1. The highest BCUT2D eigenvalue weighted by Gasteiger charge is 2.27. The second-order valence-electron chi connectivity index (χ2n) is 6.30. The minimum Gasteiger partial charge on any atom is -0.301 e. The molecule has 1 aromatic carbocycles. The Bertz CT molecular complexity index is 688. The van der Waals surface area contributed by atoms with E-state index in [0.29, 0.717) is 18.2 Å². The molecule has 1 aliphatic rings. The molecule has 1 N–H and O–H groups in total. The molecule has 1 aliphatic heterocycles. The third kappa shape index (κ3) is 4.27. The molecule has 23 heavy (non-hydrogen) atoms. The first-order chi connectivity index (χ1) is 10.7. The van der Waals surface area contributed by atoms with Crippen molar-refractivity contribution < 1.29 is 13.3 Å². The first kappa shape index (κ1) is 17.8. The summed E-state index contributed by atoms with van der Waals surface area (Å²) in [5.41, 5.74) is 0.279. The largest absolute Gasteiger partial charge is 0.301 e. The van der Waals surface area contributed by atoms with Crippen molar-refractivity contribution in [3.8, 4) is 0 Å². The van der Waals surface area contributed by atoms with Crippen LogP contribution in [-0.4, -0.2) is 43.9 Å². The van der Waals surface area contributed by atoms with E-state index >= 15 is 0 Å². The molecule has 1 saturated heterocycles. The van der Waals surface area contributed by atoms with Gasteiger partial charge in [-0.05, 0) is 45.2 Å². The Morgan fingerprint density at radius 1 is 1.43 bits per heavy atom. The molecule has 0 unspecified atom stereocenters. The predicted octanol–water partition coefficient (Wildman–Crippen LogP) is 1.91. The number of aryl methyl sites for hydroxylation is 1. The number of rotatable bonds is 6. The van der Waals surface area contributed by atoms with Crippen molar-refractivity contribution in [3.05, 3.63) is 33.9 Å². The van der Waals surface area contributed by atoms with E-state index in [1.807, 2.05) is 0 Å². The van der Waals surface area contributed by atoms with E-state index in [2.05, 4.69) is 23.5 Å². The quantitative estimate of drug-likeness (QED) is 0.630.